The van der Waals surface area contributed by atoms with Gasteiger partial charge < -0.3 is 0 Å². The molecule has 0 N–H and O–H groups in total. The third-order valence-electron chi connectivity index (χ3n) is 3.74. The fourth-order valence-corrected chi connectivity index (χ4v) is 3.90. The Balaban J connectivity index is 3.22. The van der Waals surface area contributed by atoms with Gasteiger partial charge in [0.15, 0.2) is 0 Å². The number of rotatable bonds is 0. The highest BCUT2D eigenvalue weighted by atomic mass is 32.1. The summed E-state index contributed by atoms with van der Waals surface area (Å²) in [5, 5.41) is 2.12. The Morgan fingerprint density at radius 1 is 0.444 bits per heavy atom. The molecule has 18 heavy (non-hydrogen) atoms. The molecule has 0 spiro atoms. The minimum Gasteiger partial charge on any atom is -0.142 e. The Morgan fingerprint density at radius 2 is 0.611 bits per heavy atom. The van der Waals surface area contributed by atoms with E-state index in [4.69, 9.17) is 0 Å². The van der Waals surface area contributed by atoms with Crippen molar-refractivity contribution in [3.63, 3.8) is 0 Å². The maximum atomic E-state index is 4.66. The van der Waals surface area contributed by atoms with Crippen LogP contribution in [0.2, 0.25) is 0 Å². The van der Waals surface area contributed by atoms with E-state index in [0.717, 1.165) is 52.6 Å². The summed E-state index contributed by atoms with van der Waals surface area (Å²) in [6.07, 6.45) is 0. The predicted molar refractivity (Wildman–Crippen MR) is 91.9 cm³/mol. The van der Waals surface area contributed by atoms with Gasteiger partial charge >= 0.3 is 0 Å². The molecule has 0 aliphatic carbocycles. The summed E-state index contributed by atoms with van der Waals surface area (Å²) in [6, 6.07) is 0. The number of thiol groups is 4. The van der Waals surface area contributed by atoms with E-state index < -0.39 is 0 Å². The van der Waals surface area contributed by atoms with E-state index in [1.165, 1.54) is 0 Å². The Morgan fingerprint density at radius 3 is 0.778 bits per heavy atom. The van der Waals surface area contributed by atoms with Gasteiger partial charge in [-0.15, -0.1) is 50.5 Å². The lowest BCUT2D eigenvalue weighted by molar-refractivity contribution is 1.14. The topological polar surface area (TPSA) is 0 Å². The van der Waals surface area contributed by atoms with E-state index in [-0.39, 0.29) is 0 Å². The molecular weight excluding hydrogens is 296 g/mol. The first-order valence-corrected chi connectivity index (χ1v) is 7.43. The van der Waals surface area contributed by atoms with E-state index in [1.807, 2.05) is 0 Å². The van der Waals surface area contributed by atoms with Crippen LogP contribution >= 0.6 is 50.5 Å². The second-order valence-corrected chi connectivity index (χ2v) is 6.43. The van der Waals surface area contributed by atoms with E-state index >= 15 is 0 Å². The molecule has 0 saturated heterocycles. The molecule has 0 fully saturated rings. The molecule has 96 valence electrons. The lowest BCUT2D eigenvalue weighted by Gasteiger charge is -2.19. The molecule has 0 unspecified atom stereocenters. The van der Waals surface area contributed by atoms with Gasteiger partial charge in [0.25, 0.3) is 0 Å². The summed E-state index contributed by atoms with van der Waals surface area (Å²) < 4.78 is 0. The summed E-state index contributed by atoms with van der Waals surface area (Å²) in [7, 11) is 0. The predicted octanol–water partition coefficient (Wildman–Crippen LogP) is 5.23. The summed E-state index contributed by atoms with van der Waals surface area (Å²) in [4.78, 5) is 3.90. The van der Waals surface area contributed by atoms with E-state index in [0.29, 0.717) is 0 Å². The first kappa shape index (κ1) is 14.5. The summed E-state index contributed by atoms with van der Waals surface area (Å²) >= 11 is 18.7. The largest absolute Gasteiger partial charge is 0.142 e. The molecule has 2 aromatic rings. The van der Waals surface area contributed by atoms with Crippen LogP contribution in [0.1, 0.15) is 22.3 Å². The molecule has 4 heteroatoms. The van der Waals surface area contributed by atoms with E-state index in [9.17, 15) is 0 Å². The minimum atomic E-state index is 0.976. The van der Waals surface area contributed by atoms with Gasteiger partial charge in [-0.2, -0.15) is 0 Å². The van der Waals surface area contributed by atoms with Crippen LogP contribution < -0.4 is 0 Å². The van der Waals surface area contributed by atoms with Crippen molar-refractivity contribution in [2.45, 2.75) is 47.3 Å². The number of hydrogen-bond acceptors (Lipinski definition) is 4. The monoisotopic (exact) mass is 312 g/mol. The van der Waals surface area contributed by atoms with Crippen molar-refractivity contribution >= 4 is 61.3 Å². The van der Waals surface area contributed by atoms with Crippen molar-refractivity contribution in [2.24, 2.45) is 0 Å². The lowest BCUT2D eigenvalue weighted by atomic mass is 9.97. The fourth-order valence-electron chi connectivity index (χ4n) is 2.16. The average molecular weight is 313 g/mol. The van der Waals surface area contributed by atoms with Gasteiger partial charge in [0.05, 0.1) is 0 Å². The molecule has 0 bridgehead atoms. The molecule has 2 rings (SSSR count). The molecule has 0 atom stereocenters. The molecule has 0 radical (unpaired) electrons. The first-order chi connectivity index (χ1) is 8.29. The maximum absolute atomic E-state index is 4.66. The smallest absolute Gasteiger partial charge is 0.0163 e. The fraction of sp³-hybridized carbons (Fsp3) is 0.286. The molecule has 0 saturated carbocycles. The highest BCUT2D eigenvalue weighted by Crippen LogP contribution is 2.43. The zero-order valence-electron chi connectivity index (χ0n) is 10.8. The van der Waals surface area contributed by atoms with Gasteiger partial charge in [0.1, 0.15) is 0 Å². The van der Waals surface area contributed by atoms with E-state index in [1.54, 1.807) is 0 Å². The van der Waals surface area contributed by atoms with Crippen LogP contribution in [0, 0.1) is 27.7 Å². The number of fused-ring (bicyclic) bond motifs is 1. The standard InChI is InChI=1S/C14H16S4/c1-5-6(2)12(16)10-9(11(5)15)13(17)7(3)8(4)14(10)18/h15-18H,1-4H3. The quantitative estimate of drug-likeness (QED) is 0.471. The van der Waals surface area contributed by atoms with Gasteiger partial charge in [-0.25, -0.2) is 0 Å². The summed E-state index contributed by atoms with van der Waals surface area (Å²) in [5.74, 6) is 0. The summed E-state index contributed by atoms with van der Waals surface area (Å²) in [5.41, 5.74) is 4.62. The normalized spacial score (nSPS) is 11.3. The second-order valence-electron chi connectivity index (χ2n) is 4.64. The lowest BCUT2D eigenvalue weighted by Crippen LogP contribution is -1.96. The van der Waals surface area contributed by atoms with Crippen molar-refractivity contribution in [3.05, 3.63) is 22.3 Å². The van der Waals surface area contributed by atoms with Crippen LogP contribution in [-0.2, 0) is 0 Å². The third-order valence-corrected chi connectivity index (χ3v) is 5.98. The first-order valence-electron chi connectivity index (χ1n) is 5.64. The van der Waals surface area contributed by atoms with Crippen molar-refractivity contribution in [1.82, 2.24) is 0 Å². The molecular formula is C14H16S4. The van der Waals surface area contributed by atoms with Gasteiger partial charge in [0, 0.05) is 30.4 Å². The average Bonchev–Trinajstić information content (AvgIpc) is 2.35. The molecule has 0 aliphatic heterocycles. The Kier molecular flexibility index (Phi) is 3.94. The van der Waals surface area contributed by atoms with Crippen LogP contribution in [0.15, 0.2) is 19.6 Å². The zero-order valence-corrected chi connectivity index (χ0v) is 14.4. The van der Waals surface area contributed by atoms with Gasteiger partial charge in [-0.3, -0.25) is 0 Å². The minimum absolute atomic E-state index is 0.976. The molecule has 2 aromatic carbocycles. The van der Waals surface area contributed by atoms with Crippen molar-refractivity contribution in [1.29, 1.82) is 0 Å². The Bertz CT molecular complexity index is 559. The molecule has 0 aromatic heterocycles. The number of benzene rings is 2. The van der Waals surface area contributed by atoms with Gasteiger partial charge in [-0.1, -0.05) is 0 Å². The van der Waals surface area contributed by atoms with Crippen LogP contribution in [0.25, 0.3) is 10.8 Å². The molecule has 0 nitrogen and oxygen atoms in total. The molecule has 0 amide bonds. The highest BCUT2D eigenvalue weighted by molar-refractivity contribution is 7.82. The highest BCUT2D eigenvalue weighted by Gasteiger charge is 2.18. The van der Waals surface area contributed by atoms with Crippen molar-refractivity contribution in [3.8, 4) is 0 Å². The summed E-state index contributed by atoms with van der Waals surface area (Å²) in [6.45, 7) is 8.27. The Labute approximate surface area is 130 Å². The second kappa shape index (κ2) is 4.89. The van der Waals surface area contributed by atoms with Crippen LogP contribution in [0.4, 0.5) is 0 Å². The SMILES string of the molecule is Cc1c(C)c(S)c2c(S)c(C)c(C)c(S)c2c1S. The third kappa shape index (κ3) is 1.89. The van der Waals surface area contributed by atoms with Crippen molar-refractivity contribution < 1.29 is 0 Å². The number of hydrogen-bond donors (Lipinski definition) is 4. The van der Waals surface area contributed by atoms with Gasteiger partial charge in [0.2, 0.25) is 0 Å². The van der Waals surface area contributed by atoms with Crippen molar-refractivity contribution in [2.75, 3.05) is 0 Å². The van der Waals surface area contributed by atoms with E-state index in [2.05, 4.69) is 78.2 Å². The van der Waals surface area contributed by atoms with Gasteiger partial charge in [-0.05, 0) is 49.9 Å². The molecule has 0 heterocycles. The zero-order chi connectivity index (χ0) is 13.8. The van der Waals surface area contributed by atoms with Crippen LogP contribution in [0.3, 0.4) is 0 Å². The Hall–Kier alpha value is 0.1000. The maximum Gasteiger partial charge on any atom is 0.0163 e. The molecule has 0 aliphatic rings. The van der Waals surface area contributed by atoms with Crippen LogP contribution in [0.5, 0.6) is 0 Å². The van der Waals surface area contributed by atoms with Crippen LogP contribution in [-0.4, -0.2) is 0 Å².